The third-order valence-corrected chi connectivity index (χ3v) is 11.2. The number of nitrogens with one attached hydrogen (secondary N) is 4. The van der Waals surface area contributed by atoms with Gasteiger partial charge in [0.1, 0.15) is 0 Å². The number of fused-ring (bicyclic) bond motifs is 2. The molecule has 0 atom stereocenters. The third-order valence-electron chi connectivity index (χ3n) is 10.6. The van der Waals surface area contributed by atoms with E-state index in [4.69, 9.17) is 16.4 Å². The maximum atomic E-state index is 11.7. The van der Waals surface area contributed by atoms with Crippen molar-refractivity contribution in [2.24, 2.45) is 9.98 Å². The molecule has 8 rings (SSSR count). The summed E-state index contributed by atoms with van der Waals surface area (Å²) in [6.45, 7) is 6.53. The number of benzene rings is 6. The van der Waals surface area contributed by atoms with E-state index in [-0.39, 0.29) is 47.6 Å². The first-order chi connectivity index (χ1) is 35.3. The Hall–Kier alpha value is -5.76. The molecule has 2 amide bonds. The van der Waals surface area contributed by atoms with E-state index in [0.29, 0.717) is 35.4 Å². The summed E-state index contributed by atoms with van der Waals surface area (Å²) < 4.78 is 1.11. The van der Waals surface area contributed by atoms with Crippen LogP contribution in [0.3, 0.4) is 0 Å². The van der Waals surface area contributed by atoms with Crippen LogP contribution in [-0.4, -0.2) is 94.5 Å². The quantitative estimate of drug-likeness (QED) is 0.0406. The van der Waals surface area contributed by atoms with Crippen LogP contribution in [0.25, 0.3) is 21.8 Å². The summed E-state index contributed by atoms with van der Waals surface area (Å²) in [5.41, 5.74) is 11.0. The van der Waals surface area contributed by atoms with Gasteiger partial charge in [-0.1, -0.05) is 103 Å². The van der Waals surface area contributed by atoms with E-state index in [0.717, 1.165) is 66.7 Å². The fraction of sp³-hybridized carbons (Fsp3) is 0.172. The second-order valence-corrected chi connectivity index (χ2v) is 18.0. The zero-order valence-electron chi connectivity index (χ0n) is 41.8. The molecule has 2 aromatic heterocycles. The molecule has 0 bridgehead atoms. The van der Waals surface area contributed by atoms with E-state index in [1.54, 1.807) is 0 Å². The number of aromatic amines is 2. The van der Waals surface area contributed by atoms with E-state index in [2.05, 4.69) is 140 Å². The molecule has 12 nitrogen and oxygen atoms in total. The molecule has 8 aromatic rings. The number of hydrogen-bond donors (Lipinski definition) is 6. The Kier molecular flexibility index (Phi) is 25.6. The number of nitrogens with zero attached hydrogens (tertiary/aromatic N) is 4. The SMILES string of the molecule is C#CC(=O)NCC.CCNC(=O)C#Cc1ccc2c(C(=Nc3ccc(CN(C)C)cc3)c3ccccc3)c(O)[nH]c2c1.CN(C)Cc1ccc(N=C(c2ccccc2)c2c(O)[nH]c3cc(I)ccc23)cc1.I.II. The zero-order chi connectivity index (χ0) is 52.9. The normalized spacial score (nSPS) is 10.8. The number of amides is 2. The fourth-order valence-corrected chi connectivity index (χ4v) is 7.99. The van der Waals surface area contributed by atoms with E-state index < -0.39 is 0 Å². The van der Waals surface area contributed by atoms with Gasteiger partial charge >= 0.3 is 0 Å². The molecule has 6 aromatic carbocycles. The number of carbonyl (C=O) groups is 2. The number of aromatic hydroxyl groups is 2. The molecule has 0 saturated heterocycles. The Bertz CT molecular complexity index is 3260. The van der Waals surface area contributed by atoms with Gasteiger partial charge in [0.15, 0.2) is 11.8 Å². The third kappa shape index (κ3) is 18.0. The Labute approximate surface area is 487 Å². The van der Waals surface area contributed by atoms with E-state index in [1.165, 1.54) is 11.1 Å². The van der Waals surface area contributed by atoms with Crippen LogP contribution >= 0.6 is 83.8 Å². The van der Waals surface area contributed by atoms with Crippen molar-refractivity contribution in [2.45, 2.75) is 26.9 Å². The molecular weight excluding hydrogens is 1380 g/mol. The number of H-pyrrole nitrogens is 2. The van der Waals surface area contributed by atoms with Crippen LogP contribution in [0.5, 0.6) is 11.8 Å². The van der Waals surface area contributed by atoms with Crippen molar-refractivity contribution in [1.29, 1.82) is 0 Å². The number of halogens is 4. The molecule has 0 unspecified atom stereocenters. The largest absolute Gasteiger partial charge is 0.494 e. The lowest BCUT2D eigenvalue weighted by molar-refractivity contribution is -0.116. The molecule has 0 aliphatic rings. The molecule has 0 aliphatic heterocycles. The van der Waals surface area contributed by atoms with Crippen molar-refractivity contribution >= 4 is 140 Å². The number of hydrogen-bond acceptors (Lipinski definition) is 8. The Morgan fingerprint density at radius 2 is 1.03 bits per heavy atom. The van der Waals surface area contributed by atoms with E-state index in [9.17, 15) is 19.8 Å². The van der Waals surface area contributed by atoms with Crippen molar-refractivity contribution in [3.63, 3.8) is 0 Å². The first-order valence-electron chi connectivity index (χ1n) is 23.1. The second kappa shape index (κ2) is 31.2. The predicted molar refractivity (Wildman–Crippen MR) is 340 cm³/mol. The van der Waals surface area contributed by atoms with Crippen LogP contribution in [0.15, 0.2) is 156 Å². The lowest BCUT2D eigenvalue weighted by atomic mass is 10.00. The van der Waals surface area contributed by atoms with Gasteiger partial charge < -0.3 is 40.6 Å². The van der Waals surface area contributed by atoms with Gasteiger partial charge in [-0.3, -0.25) is 9.59 Å². The first kappa shape index (κ1) is 60.8. The second-order valence-electron chi connectivity index (χ2n) is 16.7. The number of rotatable bonds is 12. The minimum Gasteiger partial charge on any atom is -0.494 e. The van der Waals surface area contributed by atoms with Crippen molar-refractivity contribution < 1.29 is 19.8 Å². The maximum absolute atomic E-state index is 11.7. The summed E-state index contributed by atoms with van der Waals surface area (Å²) in [4.78, 5) is 42.0. The Morgan fingerprint density at radius 3 is 1.43 bits per heavy atom. The molecule has 74 heavy (non-hydrogen) atoms. The van der Waals surface area contributed by atoms with Crippen molar-refractivity contribution in [2.75, 3.05) is 41.3 Å². The smallest absolute Gasteiger partial charge is 0.296 e. The van der Waals surface area contributed by atoms with Crippen LogP contribution in [0.4, 0.5) is 11.4 Å². The molecule has 0 fully saturated rings. The molecule has 16 heteroatoms. The van der Waals surface area contributed by atoms with Crippen molar-refractivity contribution in [1.82, 2.24) is 30.4 Å². The Balaban J connectivity index is 0.000000275. The maximum Gasteiger partial charge on any atom is 0.296 e. The summed E-state index contributed by atoms with van der Waals surface area (Å²) in [6, 6.07) is 47.8. The van der Waals surface area contributed by atoms with E-state index in [1.807, 2.05) is 155 Å². The standard InChI is InChI=1S/C29H28N4O2.C24H22IN3O.C5H7NO.I2.HI/c1-4-30-26(34)17-13-20-12-16-24-25(18-20)32-29(35)27(24)28(22-8-6-5-7-9-22)31-23-14-10-21(11-15-23)19-33(2)3;1-28(2)15-16-8-11-19(12-9-16)26-23(17-6-4-3-5-7-17)22-20-13-10-18(25)14-21(20)27-24(22)29;1-3-5(7)6-4-2;1-2;/h5-12,14-16,18,32,35H,4,19H2,1-3H3,(H,30,34);3-14,27,29H,15H2,1-2H3;1H,4H2,2H3,(H,6,7);;1H. The molecule has 0 saturated carbocycles. The van der Waals surface area contributed by atoms with Crippen LogP contribution in [0.2, 0.25) is 0 Å². The Morgan fingerprint density at radius 1 is 0.608 bits per heavy atom. The monoisotopic (exact) mass is 1440 g/mol. The van der Waals surface area contributed by atoms with Crippen LogP contribution < -0.4 is 10.6 Å². The summed E-state index contributed by atoms with van der Waals surface area (Å²) in [5, 5.41) is 28.5. The highest BCUT2D eigenvalue weighted by atomic mass is 128. The number of aliphatic imine (C=N–C) groups is 2. The fourth-order valence-electron chi connectivity index (χ4n) is 7.50. The molecule has 2 heterocycles. The highest BCUT2D eigenvalue weighted by molar-refractivity contribution is 15.0. The summed E-state index contributed by atoms with van der Waals surface area (Å²) in [6.07, 6.45) is 4.70. The first-order valence-corrected chi connectivity index (χ1v) is 30.4. The van der Waals surface area contributed by atoms with Gasteiger partial charge in [0, 0.05) is 100 Å². The highest BCUT2D eigenvalue weighted by Crippen LogP contribution is 2.34. The molecular formula is C58H58I4N8O4. The average molecular weight is 1440 g/mol. The van der Waals surface area contributed by atoms with Gasteiger partial charge in [-0.25, -0.2) is 9.98 Å². The van der Waals surface area contributed by atoms with Gasteiger partial charge in [0.2, 0.25) is 0 Å². The zero-order valence-corrected chi connectivity index (χ0v) is 50.6. The van der Waals surface area contributed by atoms with Gasteiger partial charge in [-0.2, -0.15) is 0 Å². The van der Waals surface area contributed by atoms with Crippen LogP contribution in [0.1, 0.15) is 52.8 Å². The van der Waals surface area contributed by atoms with Gasteiger partial charge in [0.25, 0.3) is 11.8 Å². The van der Waals surface area contributed by atoms with E-state index >= 15 is 0 Å². The molecule has 0 spiro atoms. The molecule has 0 aliphatic carbocycles. The molecule has 6 N–H and O–H groups in total. The van der Waals surface area contributed by atoms with Crippen LogP contribution in [-0.2, 0) is 22.7 Å². The molecule has 382 valence electrons. The lowest BCUT2D eigenvalue weighted by Crippen LogP contribution is -2.20. The van der Waals surface area contributed by atoms with Gasteiger partial charge in [-0.05, 0) is 130 Å². The average Bonchev–Trinajstić information content (AvgIpc) is 3.89. The number of terminal acetylenes is 1. The predicted octanol–water partition coefficient (Wildman–Crippen LogP) is 12.4. The summed E-state index contributed by atoms with van der Waals surface area (Å²) in [7, 11) is 8.19. The summed E-state index contributed by atoms with van der Waals surface area (Å²) >= 11 is 6.51. The minimum absolute atomic E-state index is 0. The topological polar surface area (TPSA) is 161 Å². The summed E-state index contributed by atoms with van der Waals surface area (Å²) in [5.74, 6) is 6.86. The van der Waals surface area contributed by atoms with Gasteiger partial charge in [-0.15, -0.1) is 30.4 Å². The number of carbonyl (C=O) groups excluding carboxylic acids is 2. The number of aromatic nitrogens is 2. The van der Waals surface area contributed by atoms with Crippen molar-refractivity contribution in [3.05, 3.63) is 188 Å². The van der Waals surface area contributed by atoms with Gasteiger partial charge in [0.05, 0.1) is 45.0 Å². The van der Waals surface area contributed by atoms with Crippen LogP contribution in [0, 0.1) is 27.8 Å². The minimum atomic E-state index is -0.345. The highest BCUT2D eigenvalue weighted by Gasteiger charge is 2.20. The lowest BCUT2D eigenvalue weighted by Gasteiger charge is -2.10. The van der Waals surface area contributed by atoms with Crippen molar-refractivity contribution in [3.8, 4) is 35.9 Å². The molecule has 0 radical (unpaired) electrons.